The summed E-state index contributed by atoms with van der Waals surface area (Å²) in [7, 11) is 0. The first kappa shape index (κ1) is 8.69. The number of nitro groups is 1. The van der Waals surface area contributed by atoms with Gasteiger partial charge in [0, 0.05) is 18.3 Å². The van der Waals surface area contributed by atoms with Crippen LogP contribution in [0.5, 0.6) is 0 Å². The zero-order chi connectivity index (χ0) is 9.14. The highest BCUT2D eigenvalue weighted by Crippen LogP contribution is 2.15. The minimum Gasteiger partial charge on any atom is -0.358 e. The number of H-pyrrole nitrogens is 1. The van der Waals surface area contributed by atoms with Crippen LogP contribution in [0.25, 0.3) is 0 Å². The molecule has 0 saturated heterocycles. The number of hydrogen-bond acceptors (Lipinski definition) is 4. The largest absolute Gasteiger partial charge is 0.358 e. The van der Waals surface area contributed by atoms with Crippen molar-refractivity contribution in [3.8, 4) is 0 Å². The fraction of sp³-hybridized carbons (Fsp3) is 0.333. The summed E-state index contributed by atoms with van der Waals surface area (Å²) in [5.74, 6) is 0. The lowest BCUT2D eigenvalue weighted by Crippen LogP contribution is -2.20. The second kappa shape index (κ2) is 3.33. The van der Waals surface area contributed by atoms with Gasteiger partial charge in [-0.3, -0.25) is 10.1 Å². The van der Waals surface area contributed by atoms with Gasteiger partial charge in [-0.1, -0.05) is 0 Å². The summed E-state index contributed by atoms with van der Waals surface area (Å²) in [6.07, 6.45) is 1.30. The van der Waals surface area contributed by atoms with Crippen molar-refractivity contribution < 1.29 is 4.92 Å². The number of hydrogen-bond donors (Lipinski definition) is 3. The van der Waals surface area contributed by atoms with Crippen molar-refractivity contribution >= 4 is 5.69 Å². The molecule has 6 heteroatoms. The molecule has 1 rings (SSSR count). The normalized spacial score (nSPS) is 12.8. The Morgan fingerprint density at radius 3 is 2.83 bits per heavy atom. The average Bonchev–Trinajstić information content (AvgIpc) is 2.51. The van der Waals surface area contributed by atoms with Crippen LogP contribution in [0.15, 0.2) is 12.3 Å². The van der Waals surface area contributed by atoms with Gasteiger partial charge in [0.1, 0.15) is 0 Å². The smallest absolute Gasteiger partial charge is 0.287 e. The molecule has 0 aromatic carbocycles. The van der Waals surface area contributed by atoms with Crippen molar-refractivity contribution in [2.75, 3.05) is 6.54 Å². The molecule has 0 aliphatic carbocycles. The van der Waals surface area contributed by atoms with E-state index in [4.69, 9.17) is 11.5 Å². The van der Waals surface area contributed by atoms with Gasteiger partial charge in [0.25, 0.3) is 5.69 Å². The predicted molar refractivity (Wildman–Crippen MR) is 43.4 cm³/mol. The first-order valence-electron chi connectivity index (χ1n) is 3.43. The lowest BCUT2D eigenvalue weighted by Gasteiger charge is -2.03. The highest BCUT2D eigenvalue weighted by molar-refractivity contribution is 5.31. The van der Waals surface area contributed by atoms with Gasteiger partial charge >= 0.3 is 0 Å². The Kier molecular flexibility index (Phi) is 2.41. The van der Waals surface area contributed by atoms with Gasteiger partial charge in [-0.2, -0.15) is 0 Å². The average molecular weight is 170 g/mol. The highest BCUT2D eigenvalue weighted by atomic mass is 16.6. The van der Waals surface area contributed by atoms with Crippen LogP contribution in [-0.4, -0.2) is 16.5 Å². The molecule has 0 aliphatic rings. The van der Waals surface area contributed by atoms with E-state index < -0.39 is 4.92 Å². The van der Waals surface area contributed by atoms with Crippen molar-refractivity contribution in [3.63, 3.8) is 0 Å². The third kappa shape index (κ3) is 1.60. The van der Waals surface area contributed by atoms with Gasteiger partial charge in [0.15, 0.2) is 0 Å². The molecule has 1 aromatic heterocycles. The van der Waals surface area contributed by atoms with Crippen LogP contribution in [0.1, 0.15) is 11.7 Å². The first-order valence-corrected chi connectivity index (χ1v) is 3.43. The SMILES string of the molecule is NC[C@@H](N)c1cc([N+](=O)[O-])c[nH]1. The molecule has 12 heavy (non-hydrogen) atoms. The van der Waals surface area contributed by atoms with Crippen molar-refractivity contribution in [1.29, 1.82) is 0 Å². The monoisotopic (exact) mass is 170 g/mol. The summed E-state index contributed by atoms with van der Waals surface area (Å²) in [5, 5.41) is 10.2. The molecular formula is C6H10N4O2. The van der Waals surface area contributed by atoms with Crippen molar-refractivity contribution in [2.45, 2.75) is 6.04 Å². The van der Waals surface area contributed by atoms with E-state index in [1.165, 1.54) is 12.3 Å². The van der Waals surface area contributed by atoms with Crippen molar-refractivity contribution in [1.82, 2.24) is 4.98 Å². The molecule has 0 radical (unpaired) electrons. The van der Waals surface area contributed by atoms with E-state index in [1.807, 2.05) is 0 Å². The fourth-order valence-corrected chi connectivity index (χ4v) is 0.846. The van der Waals surface area contributed by atoms with E-state index >= 15 is 0 Å². The number of nitrogens with zero attached hydrogens (tertiary/aromatic N) is 1. The van der Waals surface area contributed by atoms with E-state index in [-0.39, 0.29) is 18.3 Å². The highest BCUT2D eigenvalue weighted by Gasteiger charge is 2.12. The molecule has 0 unspecified atom stereocenters. The van der Waals surface area contributed by atoms with Crippen LogP contribution < -0.4 is 11.5 Å². The second-order valence-corrected chi connectivity index (χ2v) is 2.41. The molecule has 0 amide bonds. The summed E-state index contributed by atoms with van der Waals surface area (Å²) in [4.78, 5) is 12.4. The predicted octanol–water partition coefficient (Wildman–Crippen LogP) is -0.119. The number of nitrogens with one attached hydrogen (secondary N) is 1. The van der Waals surface area contributed by atoms with E-state index in [0.29, 0.717) is 5.69 Å². The lowest BCUT2D eigenvalue weighted by molar-refractivity contribution is -0.384. The number of rotatable bonds is 3. The Bertz CT molecular complexity index is 283. The van der Waals surface area contributed by atoms with Crippen LogP contribution in [0, 0.1) is 10.1 Å². The second-order valence-electron chi connectivity index (χ2n) is 2.41. The van der Waals surface area contributed by atoms with Crippen LogP contribution >= 0.6 is 0 Å². The fourth-order valence-electron chi connectivity index (χ4n) is 0.846. The molecular weight excluding hydrogens is 160 g/mol. The Morgan fingerprint density at radius 2 is 2.42 bits per heavy atom. The van der Waals surface area contributed by atoms with E-state index in [9.17, 15) is 10.1 Å². The minimum absolute atomic E-state index is 0.00824. The molecule has 0 aliphatic heterocycles. The summed E-state index contributed by atoms with van der Waals surface area (Å²) in [6.45, 7) is 0.262. The number of aromatic nitrogens is 1. The quantitative estimate of drug-likeness (QED) is 0.433. The van der Waals surface area contributed by atoms with Crippen LogP contribution in [0.3, 0.4) is 0 Å². The summed E-state index contributed by atoms with van der Waals surface area (Å²) >= 11 is 0. The Labute approximate surface area is 68.7 Å². The Morgan fingerprint density at radius 1 is 1.75 bits per heavy atom. The van der Waals surface area contributed by atoms with Gasteiger partial charge in [-0.05, 0) is 0 Å². The standard InChI is InChI=1S/C6H10N4O2/c7-2-5(8)6-1-4(3-9-6)10(11)12/h1,3,5,9H,2,7-8H2/t5-/m1/s1. The molecule has 66 valence electrons. The molecule has 6 nitrogen and oxygen atoms in total. The topological polar surface area (TPSA) is 111 Å². The van der Waals surface area contributed by atoms with Gasteiger partial charge in [-0.25, -0.2) is 0 Å². The zero-order valence-electron chi connectivity index (χ0n) is 6.36. The van der Waals surface area contributed by atoms with E-state index in [0.717, 1.165) is 0 Å². The van der Waals surface area contributed by atoms with Gasteiger partial charge in [0.2, 0.25) is 0 Å². The van der Waals surface area contributed by atoms with Crippen molar-refractivity contribution in [3.05, 3.63) is 28.1 Å². The Hall–Kier alpha value is -1.40. The maximum absolute atomic E-state index is 10.2. The third-order valence-electron chi connectivity index (χ3n) is 1.55. The van der Waals surface area contributed by atoms with Gasteiger partial charge in [-0.15, -0.1) is 0 Å². The molecule has 1 aromatic rings. The maximum Gasteiger partial charge on any atom is 0.287 e. The van der Waals surface area contributed by atoms with Crippen molar-refractivity contribution in [2.24, 2.45) is 11.5 Å². The molecule has 0 fully saturated rings. The molecule has 0 bridgehead atoms. The summed E-state index contributed by atoms with van der Waals surface area (Å²) < 4.78 is 0. The molecule has 0 saturated carbocycles. The number of nitrogens with two attached hydrogens (primary N) is 2. The molecule has 1 atom stereocenters. The Balaban J connectivity index is 2.84. The molecule has 5 N–H and O–H groups in total. The molecule has 1 heterocycles. The lowest BCUT2D eigenvalue weighted by atomic mass is 10.2. The summed E-state index contributed by atoms with van der Waals surface area (Å²) in [5.41, 5.74) is 11.4. The van der Waals surface area contributed by atoms with Gasteiger partial charge in [0.05, 0.1) is 17.2 Å². The van der Waals surface area contributed by atoms with Crippen LogP contribution in [-0.2, 0) is 0 Å². The maximum atomic E-state index is 10.2. The minimum atomic E-state index is -0.483. The molecule has 0 spiro atoms. The van der Waals surface area contributed by atoms with Gasteiger partial charge < -0.3 is 16.5 Å². The number of aromatic amines is 1. The first-order chi connectivity index (χ1) is 5.65. The summed E-state index contributed by atoms with van der Waals surface area (Å²) in [6, 6.07) is 1.02. The zero-order valence-corrected chi connectivity index (χ0v) is 6.36. The van der Waals surface area contributed by atoms with Crippen LogP contribution in [0.4, 0.5) is 5.69 Å². The van der Waals surface area contributed by atoms with Crippen LogP contribution in [0.2, 0.25) is 0 Å². The van der Waals surface area contributed by atoms with E-state index in [1.54, 1.807) is 0 Å². The third-order valence-corrected chi connectivity index (χ3v) is 1.55. The van der Waals surface area contributed by atoms with E-state index in [2.05, 4.69) is 4.98 Å².